The summed E-state index contributed by atoms with van der Waals surface area (Å²) in [5.41, 5.74) is 7.75. The van der Waals surface area contributed by atoms with Crippen LogP contribution >= 0.6 is 0 Å². The summed E-state index contributed by atoms with van der Waals surface area (Å²) in [6.07, 6.45) is 8.42. The molecule has 0 bridgehead atoms. The maximum atomic E-state index is 2.49. The van der Waals surface area contributed by atoms with Gasteiger partial charge in [-0.05, 0) is 54.5 Å². The summed E-state index contributed by atoms with van der Waals surface area (Å²) < 4.78 is 4.97. The lowest BCUT2D eigenvalue weighted by molar-refractivity contribution is -0.702. The summed E-state index contributed by atoms with van der Waals surface area (Å²) in [5.74, 6) is 1.43. The number of aromatic nitrogens is 2. The van der Waals surface area contributed by atoms with E-state index in [2.05, 4.69) is 101 Å². The molecule has 0 amide bonds. The molecule has 1 aliphatic heterocycles. The highest BCUT2D eigenvalue weighted by Gasteiger charge is 2.27. The van der Waals surface area contributed by atoms with Crippen LogP contribution in [-0.4, -0.2) is 4.57 Å². The zero-order chi connectivity index (χ0) is 20.3. The van der Waals surface area contributed by atoms with Crippen LogP contribution in [0.5, 0.6) is 0 Å². The summed E-state index contributed by atoms with van der Waals surface area (Å²) in [5, 5.41) is 0. The van der Waals surface area contributed by atoms with Gasteiger partial charge in [0.05, 0.1) is 6.54 Å². The molecule has 5 rings (SSSR count). The van der Waals surface area contributed by atoms with Crippen LogP contribution in [0.3, 0.4) is 0 Å². The second kappa shape index (κ2) is 9.65. The van der Waals surface area contributed by atoms with Gasteiger partial charge in [0.25, 0.3) is 5.82 Å². The van der Waals surface area contributed by atoms with Gasteiger partial charge in [0.1, 0.15) is 11.9 Å². The first-order valence-corrected chi connectivity index (χ1v) is 11.2. The molecule has 158 valence electrons. The number of hydrogen-bond acceptors (Lipinski definition) is 0. The van der Waals surface area contributed by atoms with Crippen molar-refractivity contribution in [1.82, 2.24) is 4.57 Å². The molecule has 2 nitrogen and oxygen atoms in total. The van der Waals surface area contributed by atoms with Crippen molar-refractivity contribution in [2.75, 3.05) is 0 Å². The maximum Gasteiger partial charge on any atom is 0.262 e. The topological polar surface area (TPSA) is 8.81 Å². The molecule has 31 heavy (non-hydrogen) atoms. The van der Waals surface area contributed by atoms with Crippen molar-refractivity contribution < 1.29 is 21.5 Å². The molecule has 3 heteroatoms. The van der Waals surface area contributed by atoms with Gasteiger partial charge in [0.2, 0.25) is 0 Å². The Morgan fingerprint density at radius 1 is 0.742 bits per heavy atom. The number of aryl methyl sites for hydroxylation is 2. The fourth-order valence-electron chi connectivity index (χ4n) is 4.57. The first-order chi connectivity index (χ1) is 14.8. The number of nitrogens with zero attached hydrogens (tertiary/aromatic N) is 2. The van der Waals surface area contributed by atoms with Gasteiger partial charge in [0, 0.05) is 12.0 Å². The van der Waals surface area contributed by atoms with Crippen molar-refractivity contribution in [3.8, 4) is 28.1 Å². The molecule has 2 heterocycles. The Bertz CT molecular complexity index is 1130. The van der Waals surface area contributed by atoms with E-state index in [1.807, 2.05) is 0 Å². The lowest BCUT2D eigenvalue weighted by atomic mass is 10.0. The summed E-state index contributed by atoms with van der Waals surface area (Å²) >= 11 is 0. The van der Waals surface area contributed by atoms with Crippen LogP contribution in [0.25, 0.3) is 28.1 Å². The van der Waals surface area contributed by atoms with Gasteiger partial charge >= 0.3 is 0 Å². The zero-order valence-electron chi connectivity index (χ0n) is 18.1. The fraction of sp³-hybridized carbons (Fsp3) is 0.250. The molecule has 0 saturated heterocycles. The Balaban J connectivity index is 0.00000231. The molecular formula is C28H29BrN2. The van der Waals surface area contributed by atoms with E-state index >= 15 is 0 Å². The average molecular weight is 473 g/mol. The van der Waals surface area contributed by atoms with Crippen molar-refractivity contribution in [2.24, 2.45) is 0 Å². The predicted octanol–water partition coefficient (Wildman–Crippen LogP) is 3.39. The van der Waals surface area contributed by atoms with E-state index in [1.54, 1.807) is 0 Å². The SMILES string of the molecule is CCc1ccc(-c2c[n+]3c(n2-c2ccc(-c4ccccc4)cc2)CCCCC3)cc1.[Br-]. The summed E-state index contributed by atoms with van der Waals surface area (Å²) in [4.78, 5) is 0. The maximum absolute atomic E-state index is 2.49. The van der Waals surface area contributed by atoms with Crippen LogP contribution in [0.2, 0.25) is 0 Å². The minimum Gasteiger partial charge on any atom is -1.00 e. The van der Waals surface area contributed by atoms with E-state index in [0.29, 0.717) is 0 Å². The molecule has 0 atom stereocenters. The van der Waals surface area contributed by atoms with Gasteiger partial charge in [-0.2, -0.15) is 4.57 Å². The average Bonchev–Trinajstić information content (AvgIpc) is 3.02. The largest absolute Gasteiger partial charge is 1.00 e. The highest BCUT2D eigenvalue weighted by molar-refractivity contribution is 5.66. The summed E-state index contributed by atoms with van der Waals surface area (Å²) in [6, 6.07) is 28.8. The van der Waals surface area contributed by atoms with Gasteiger partial charge in [-0.3, -0.25) is 0 Å². The molecular weight excluding hydrogens is 444 g/mol. The van der Waals surface area contributed by atoms with Crippen LogP contribution in [0, 0.1) is 0 Å². The Morgan fingerprint density at radius 2 is 1.42 bits per heavy atom. The molecule has 0 aliphatic carbocycles. The van der Waals surface area contributed by atoms with Crippen LogP contribution in [-0.2, 0) is 19.4 Å². The van der Waals surface area contributed by atoms with Gasteiger partial charge in [-0.1, -0.05) is 73.7 Å². The second-order valence-electron chi connectivity index (χ2n) is 8.23. The molecule has 0 unspecified atom stereocenters. The number of fused-ring (bicyclic) bond motifs is 1. The van der Waals surface area contributed by atoms with Crippen molar-refractivity contribution in [1.29, 1.82) is 0 Å². The lowest BCUT2D eigenvalue weighted by Crippen LogP contribution is -3.00. The molecule has 4 aromatic rings. The number of benzene rings is 3. The number of imidazole rings is 1. The Hall–Kier alpha value is -2.65. The lowest BCUT2D eigenvalue weighted by Gasteiger charge is -2.08. The minimum absolute atomic E-state index is 0. The summed E-state index contributed by atoms with van der Waals surface area (Å²) in [7, 11) is 0. The van der Waals surface area contributed by atoms with Gasteiger partial charge in [0.15, 0.2) is 5.69 Å². The number of rotatable bonds is 4. The Kier molecular flexibility index (Phi) is 6.72. The van der Waals surface area contributed by atoms with Gasteiger partial charge in [-0.15, -0.1) is 0 Å². The van der Waals surface area contributed by atoms with E-state index in [-0.39, 0.29) is 17.0 Å². The zero-order valence-corrected chi connectivity index (χ0v) is 19.7. The third kappa shape index (κ3) is 4.38. The molecule has 0 saturated carbocycles. The van der Waals surface area contributed by atoms with Crippen molar-refractivity contribution in [3.05, 3.63) is 96.4 Å². The molecule has 0 N–H and O–H groups in total. The second-order valence-corrected chi connectivity index (χ2v) is 8.23. The first kappa shape index (κ1) is 21.6. The third-order valence-electron chi connectivity index (χ3n) is 6.30. The number of halogens is 1. The molecule has 0 fully saturated rings. The van der Waals surface area contributed by atoms with Crippen LogP contribution in [0.15, 0.2) is 85.1 Å². The molecule has 0 spiro atoms. The number of hydrogen-bond donors (Lipinski definition) is 0. The standard InChI is InChI=1S/C28H29N2.BrH/c1-2-22-12-14-25(15-13-22)27-21-29-20-8-4-7-11-28(29)30(27)26-18-16-24(17-19-26)23-9-5-3-6-10-23;/h3,5-6,9-10,12-19,21H,2,4,7-8,11,20H2,1H3;1H/q+1;/p-1. The van der Waals surface area contributed by atoms with E-state index < -0.39 is 0 Å². The first-order valence-electron chi connectivity index (χ1n) is 11.2. The van der Waals surface area contributed by atoms with E-state index in [1.165, 1.54) is 58.7 Å². The van der Waals surface area contributed by atoms with Gasteiger partial charge < -0.3 is 17.0 Å². The van der Waals surface area contributed by atoms with Crippen LogP contribution in [0.1, 0.15) is 37.6 Å². The summed E-state index contributed by atoms with van der Waals surface area (Å²) in [6.45, 7) is 3.33. The molecule has 1 aliphatic rings. The Morgan fingerprint density at radius 3 is 2.13 bits per heavy atom. The molecule has 3 aromatic carbocycles. The predicted molar refractivity (Wildman–Crippen MR) is 124 cm³/mol. The van der Waals surface area contributed by atoms with E-state index in [9.17, 15) is 0 Å². The quantitative estimate of drug-likeness (QED) is 0.402. The smallest absolute Gasteiger partial charge is 0.262 e. The van der Waals surface area contributed by atoms with Crippen LogP contribution in [0.4, 0.5) is 0 Å². The normalized spacial score (nSPS) is 13.2. The van der Waals surface area contributed by atoms with Crippen molar-refractivity contribution in [3.63, 3.8) is 0 Å². The molecule has 0 radical (unpaired) electrons. The molecule has 1 aromatic heterocycles. The van der Waals surface area contributed by atoms with Gasteiger partial charge in [-0.25, -0.2) is 4.57 Å². The highest BCUT2D eigenvalue weighted by Crippen LogP contribution is 2.28. The van der Waals surface area contributed by atoms with E-state index in [0.717, 1.165) is 19.4 Å². The monoisotopic (exact) mass is 472 g/mol. The minimum atomic E-state index is 0. The van der Waals surface area contributed by atoms with E-state index in [4.69, 9.17) is 0 Å². The van der Waals surface area contributed by atoms with Crippen molar-refractivity contribution in [2.45, 2.75) is 45.6 Å². The Labute approximate surface area is 196 Å². The van der Waals surface area contributed by atoms with Crippen LogP contribution < -0.4 is 21.5 Å². The third-order valence-corrected chi connectivity index (χ3v) is 6.30. The van der Waals surface area contributed by atoms with Crippen molar-refractivity contribution >= 4 is 0 Å². The highest BCUT2D eigenvalue weighted by atomic mass is 79.9. The fourth-order valence-corrected chi connectivity index (χ4v) is 4.57.